The molecule has 0 saturated heterocycles. The molecule has 18 heavy (non-hydrogen) atoms. The maximum atomic E-state index is 5.94. The van der Waals surface area contributed by atoms with E-state index in [2.05, 4.69) is 35.4 Å². The van der Waals surface area contributed by atoms with E-state index in [1.54, 1.807) is 0 Å². The number of thioether (sulfide) groups is 1. The van der Waals surface area contributed by atoms with Crippen LogP contribution in [0.2, 0.25) is 5.28 Å². The number of para-hydroxylation sites is 1. The van der Waals surface area contributed by atoms with Crippen LogP contribution in [0.4, 0.5) is 5.82 Å². The van der Waals surface area contributed by atoms with Gasteiger partial charge in [0.25, 0.3) is 0 Å². The Morgan fingerprint density at radius 3 is 2.72 bits per heavy atom. The van der Waals surface area contributed by atoms with E-state index < -0.39 is 0 Å². The molecule has 1 N–H and O–H groups in total. The Labute approximate surface area is 116 Å². The quantitative estimate of drug-likeness (QED) is 0.864. The summed E-state index contributed by atoms with van der Waals surface area (Å²) in [7, 11) is 0. The Morgan fingerprint density at radius 2 is 2.00 bits per heavy atom. The van der Waals surface area contributed by atoms with Gasteiger partial charge < -0.3 is 5.32 Å². The third-order valence-corrected chi connectivity index (χ3v) is 4.23. The smallest absolute Gasteiger partial charge is 0.224 e. The van der Waals surface area contributed by atoms with Gasteiger partial charge in [-0.2, -0.15) is 11.8 Å². The molecule has 0 aliphatic rings. The Hall–Kier alpha value is -1.00. The summed E-state index contributed by atoms with van der Waals surface area (Å²) < 4.78 is 0.151. The number of fused-ring (bicyclic) bond motifs is 1. The first kappa shape index (κ1) is 13.4. The van der Waals surface area contributed by atoms with Crippen LogP contribution >= 0.6 is 23.4 Å². The molecular weight excluding hydrogens is 266 g/mol. The van der Waals surface area contributed by atoms with Crippen LogP contribution in [0.15, 0.2) is 24.3 Å². The molecule has 5 heteroatoms. The van der Waals surface area contributed by atoms with Crippen LogP contribution in [0.5, 0.6) is 0 Å². The Bertz CT molecular complexity index is 557. The van der Waals surface area contributed by atoms with Crippen molar-refractivity contribution in [1.82, 2.24) is 9.97 Å². The standard InChI is InChI=1S/C13H16ClN3S/c1-13(2,18-3)8-15-11-9-6-4-5-7-10(9)16-12(14)17-11/h4-7H,8H2,1-3H3,(H,15,16,17). The van der Waals surface area contributed by atoms with Gasteiger partial charge in [0, 0.05) is 16.7 Å². The zero-order valence-electron chi connectivity index (χ0n) is 10.7. The molecule has 1 aromatic heterocycles. The van der Waals surface area contributed by atoms with E-state index in [0.717, 1.165) is 23.3 Å². The molecule has 0 bridgehead atoms. The number of benzene rings is 1. The van der Waals surface area contributed by atoms with Crippen LogP contribution in [0.3, 0.4) is 0 Å². The van der Waals surface area contributed by atoms with E-state index >= 15 is 0 Å². The summed E-state index contributed by atoms with van der Waals surface area (Å²) >= 11 is 7.76. The fraction of sp³-hybridized carbons (Fsp3) is 0.385. The molecule has 0 atom stereocenters. The molecule has 0 unspecified atom stereocenters. The van der Waals surface area contributed by atoms with Crippen LogP contribution in [0, 0.1) is 0 Å². The first-order valence-electron chi connectivity index (χ1n) is 5.73. The predicted molar refractivity (Wildman–Crippen MR) is 80.6 cm³/mol. The van der Waals surface area contributed by atoms with Crippen LogP contribution in [-0.4, -0.2) is 27.5 Å². The highest BCUT2D eigenvalue weighted by atomic mass is 35.5. The summed E-state index contributed by atoms with van der Waals surface area (Å²) in [4.78, 5) is 8.48. The van der Waals surface area contributed by atoms with Gasteiger partial charge in [-0.3, -0.25) is 0 Å². The number of nitrogens with one attached hydrogen (secondary N) is 1. The van der Waals surface area contributed by atoms with E-state index in [4.69, 9.17) is 11.6 Å². The molecule has 2 rings (SSSR count). The first-order valence-corrected chi connectivity index (χ1v) is 7.33. The maximum absolute atomic E-state index is 5.94. The van der Waals surface area contributed by atoms with Gasteiger partial charge in [0.2, 0.25) is 5.28 Å². The molecule has 0 fully saturated rings. The van der Waals surface area contributed by atoms with Gasteiger partial charge in [-0.05, 0) is 43.8 Å². The van der Waals surface area contributed by atoms with Gasteiger partial charge in [0.05, 0.1) is 5.52 Å². The lowest BCUT2D eigenvalue weighted by molar-refractivity contribution is 0.750. The second-order valence-electron chi connectivity index (χ2n) is 4.68. The molecule has 3 nitrogen and oxygen atoms in total. The number of hydrogen-bond donors (Lipinski definition) is 1. The number of aromatic nitrogens is 2. The molecule has 0 aliphatic heterocycles. The summed E-state index contributed by atoms with van der Waals surface area (Å²) in [5, 5.41) is 4.64. The zero-order chi connectivity index (χ0) is 13.2. The predicted octanol–water partition coefficient (Wildman–Crippen LogP) is 3.84. The highest BCUT2D eigenvalue weighted by molar-refractivity contribution is 7.99. The van der Waals surface area contributed by atoms with Gasteiger partial charge in [-0.25, -0.2) is 9.97 Å². The minimum Gasteiger partial charge on any atom is -0.368 e. The van der Waals surface area contributed by atoms with Gasteiger partial charge in [-0.15, -0.1) is 0 Å². The molecule has 0 saturated carbocycles. The van der Waals surface area contributed by atoms with Gasteiger partial charge in [0.1, 0.15) is 5.82 Å². The average Bonchev–Trinajstić information content (AvgIpc) is 2.36. The van der Waals surface area contributed by atoms with E-state index in [0.29, 0.717) is 0 Å². The number of hydrogen-bond acceptors (Lipinski definition) is 4. The molecule has 0 amide bonds. The summed E-state index contributed by atoms with van der Waals surface area (Å²) in [6.07, 6.45) is 2.10. The Kier molecular flexibility index (Phi) is 3.97. The van der Waals surface area contributed by atoms with E-state index in [9.17, 15) is 0 Å². The number of halogens is 1. The normalized spacial score (nSPS) is 11.8. The maximum Gasteiger partial charge on any atom is 0.224 e. The second-order valence-corrected chi connectivity index (χ2v) is 6.53. The van der Waals surface area contributed by atoms with E-state index in [1.807, 2.05) is 36.0 Å². The summed E-state index contributed by atoms with van der Waals surface area (Å²) in [6.45, 7) is 5.21. The Morgan fingerprint density at radius 1 is 1.28 bits per heavy atom. The van der Waals surface area contributed by atoms with Gasteiger partial charge in [0.15, 0.2) is 0 Å². The van der Waals surface area contributed by atoms with Crippen molar-refractivity contribution < 1.29 is 0 Å². The molecule has 0 aliphatic carbocycles. The highest BCUT2D eigenvalue weighted by Gasteiger charge is 2.16. The monoisotopic (exact) mass is 281 g/mol. The third-order valence-electron chi connectivity index (χ3n) is 2.81. The number of nitrogens with zero attached hydrogens (tertiary/aromatic N) is 2. The highest BCUT2D eigenvalue weighted by Crippen LogP contribution is 2.25. The van der Waals surface area contributed by atoms with Crippen molar-refractivity contribution in [3.63, 3.8) is 0 Å². The summed E-state index contributed by atoms with van der Waals surface area (Å²) in [6, 6.07) is 7.86. The van der Waals surface area contributed by atoms with Crippen molar-refractivity contribution in [2.75, 3.05) is 18.1 Å². The Balaban J connectivity index is 2.33. The van der Waals surface area contributed by atoms with Gasteiger partial charge >= 0.3 is 0 Å². The van der Waals surface area contributed by atoms with Crippen molar-refractivity contribution in [2.45, 2.75) is 18.6 Å². The number of rotatable bonds is 4. The lowest BCUT2D eigenvalue weighted by Crippen LogP contribution is -2.26. The van der Waals surface area contributed by atoms with Crippen molar-refractivity contribution in [1.29, 1.82) is 0 Å². The first-order chi connectivity index (χ1) is 8.52. The molecule has 2 aromatic rings. The number of anilines is 1. The van der Waals surface area contributed by atoms with Crippen molar-refractivity contribution >= 4 is 40.1 Å². The largest absolute Gasteiger partial charge is 0.368 e. The van der Waals surface area contributed by atoms with E-state index in [1.165, 1.54) is 0 Å². The average molecular weight is 282 g/mol. The minimum atomic E-state index is 0.151. The van der Waals surface area contributed by atoms with Crippen LogP contribution in [-0.2, 0) is 0 Å². The van der Waals surface area contributed by atoms with Crippen LogP contribution < -0.4 is 5.32 Å². The van der Waals surface area contributed by atoms with Crippen molar-refractivity contribution in [3.8, 4) is 0 Å². The van der Waals surface area contributed by atoms with E-state index in [-0.39, 0.29) is 10.0 Å². The second kappa shape index (κ2) is 5.33. The third kappa shape index (κ3) is 3.06. The van der Waals surface area contributed by atoms with Crippen molar-refractivity contribution in [2.24, 2.45) is 0 Å². The zero-order valence-corrected chi connectivity index (χ0v) is 12.3. The molecule has 96 valence electrons. The van der Waals surface area contributed by atoms with Crippen LogP contribution in [0.1, 0.15) is 13.8 Å². The summed E-state index contributed by atoms with van der Waals surface area (Å²) in [5.41, 5.74) is 0.863. The fourth-order valence-corrected chi connectivity index (χ4v) is 1.94. The molecule has 1 aromatic carbocycles. The lowest BCUT2D eigenvalue weighted by atomic mass is 10.2. The SMILES string of the molecule is CSC(C)(C)CNc1nc(Cl)nc2ccccc12. The topological polar surface area (TPSA) is 37.8 Å². The molecular formula is C13H16ClN3S. The molecule has 0 spiro atoms. The minimum absolute atomic E-state index is 0.151. The molecule has 1 heterocycles. The summed E-state index contributed by atoms with van der Waals surface area (Å²) in [5.74, 6) is 0.799. The van der Waals surface area contributed by atoms with Gasteiger partial charge in [-0.1, -0.05) is 12.1 Å². The molecule has 0 radical (unpaired) electrons. The lowest BCUT2D eigenvalue weighted by Gasteiger charge is -2.23. The van der Waals surface area contributed by atoms with Crippen molar-refractivity contribution in [3.05, 3.63) is 29.5 Å². The fourth-order valence-electron chi connectivity index (χ4n) is 1.55. The van der Waals surface area contributed by atoms with Crippen LogP contribution in [0.25, 0.3) is 10.9 Å².